The maximum atomic E-state index is 6.03. The predicted octanol–water partition coefficient (Wildman–Crippen LogP) is 4.30. The third-order valence-corrected chi connectivity index (χ3v) is 4.69. The van der Waals surface area contributed by atoms with Gasteiger partial charge in [-0.1, -0.05) is 33.6 Å². The van der Waals surface area contributed by atoms with E-state index in [0.717, 1.165) is 27.9 Å². The summed E-state index contributed by atoms with van der Waals surface area (Å²) in [7, 11) is 0. The normalized spacial score (nSPS) is 12.6. The van der Waals surface area contributed by atoms with Crippen LogP contribution in [0.15, 0.2) is 40.2 Å². The first-order valence-corrected chi connectivity index (χ1v) is 7.69. The molecule has 0 aliphatic carbocycles. The number of benzene rings is 1. The molecule has 0 aliphatic rings. The summed E-state index contributed by atoms with van der Waals surface area (Å²) >= 11 is 11.3. The lowest BCUT2D eigenvalue weighted by molar-refractivity contribution is 0.516. The number of hydrogen-bond acceptors (Lipinski definition) is 3. The number of thiophene rings is 1. The van der Waals surface area contributed by atoms with Gasteiger partial charge >= 0.3 is 0 Å². The van der Waals surface area contributed by atoms with E-state index in [0.29, 0.717) is 0 Å². The van der Waals surface area contributed by atoms with E-state index in [9.17, 15) is 0 Å². The first-order valence-electron chi connectivity index (χ1n) is 5.64. The molecule has 1 heterocycles. The molecule has 0 fully saturated rings. The Hall–Kier alpha value is -0.390. The maximum absolute atomic E-state index is 6.03. The molecule has 18 heavy (non-hydrogen) atoms. The van der Waals surface area contributed by atoms with Crippen molar-refractivity contribution in [3.8, 4) is 0 Å². The highest BCUT2D eigenvalue weighted by Gasteiger charge is 2.13. The van der Waals surface area contributed by atoms with E-state index in [1.54, 1.807) is 11.3 Å². The molecule has 2 rings (SSSR count). The van der Waals surface area contributed by atoms with Gasteiger partial charge in [-0.25, -0.2) is 0 Å². The molecule has 1 aromatic carbocycles. The number of hydrogen-bond donors (Lipinski definition) is 2. The van der Waals surface area contributed by atoms with Crippen molar-refractivity contribution in [2.24, 2.45) is 5.84 Å². The Bertz CT molecular complexity index is 502. The summed E-state index contributed by atoms with van der Waals surface area (Å²) in [6, 6.07) is 10.1. The predicted molar refractivity (Wildman–Crippen MR) is 81.9 cm³/mol. The molecule has 0 radical (unpaired) electrons. The summed E-state index contributed by atoms with van der Waals surface area (Å²) in [4.78, 5) is 1.37. The van der Waals surface area contributed by atoms with Gasteiger partial charge in [0.05, 0.1) is 0 Å². The van der Waals surface area contributed by atoms with Gasteiger partial charge in [-0.3, -0.25) is 11.3 Å². The van der Waals surface area contributed by atoms with Crippen molar-refractivity contribution >= 4 is 38.9 Å². The lowest BCUT2D eigenvalue weighted by Gasteiger charge is -2.17. The quantitative estimate of drug-likeness (QED) is 0.626. The van der Waals surface area contributed by atoms with E-state index < -0.39 is 0 Å². The monoisotopic (exact) mass is 344 g/mol. The van der Waals surface area contributed by atoms with Gasteiger partial charge in [0.25, 0.3) is 0 Å². The van der Waals surface area contributed by atoms with Crippen molar-refractivity contribution in [1.82, 2.24) is 5.43 Å². The number of hydrazine groups is 1. The van der Waals surface area contributed by atoms with E-state index in [4.69, 9.17) is 17.4 Å². The molecule has 2 nitrogen and oxygen atoms in total. The average molecular weight is 346 g/mol. The fraction of sp³-hybridized carbons (Fsp3) is 0.231. The largest absolute Gasteiger partial charge is 0.271 e. The lowest BCUT2D eigenvalue weighted by Crippen LogP contribution is -2.28. The highest BCUT2D eigenvalue weighted by atomic mass is 79.9. The van der Waals surface area contributed by atoms with Crippen LogP contribution in [0.2, 0.25) is 5.02 Å². The first kappa shape index (κ1) is 14.0. The van der Waals surface area contributed by atoms with Crippen LogP contribution in [0.3, 0.4) is 0 Å². The number of halogens is 2. The Morgan fingerprint density at radius 1 is 1.39 bits per heavy atom. The molecule has 0 aliphatic heterocycles. The zero-order chi connectivity index (χ0) is 13.0. The third-order valence-electron chi connectivity index (χ3n) is 2.79. The van der Waals surface area contributed by atoms with Crippen LogP contribution in [0, 0.1) is 0 Å². The Kier molecular flexibility index (Phi) is 5.21. The molecule has 1 atom stereocenters. The van der Waals surface area contributed by atoms with Gasteiger partial charge < -0.3 is 0 Å². The second-order valence-electron chi connectivity index (χ2n) is 4.00. The third kappa shape index (κ3) is 3.56. The second kappa shape index (κ2) is 6.68. The fourth-order valence-corrected chi connectivity index (χ4v) is 3.28. The molecule has 3 N–H and O–H groups in total. The van der Waals surface area contributed by atoms with Crippen LogP contribution >= 0.6 is 38.9 Å². The first-order chi connectivity index (χ1) is 8.70. The lowest BCUT2D eigenvalue weighted by atomic mass is 10.0. The van der Waals surface area contributed by atoms with E-state index >= 15 is 0 Å². The SMILES string of the molecule is NNC(CCc1cccs1)c1cc(Cl)ccc1Br. The van der Waals surface area contributed by atoms with Crippen LogP contribution in [-0.4, -0.2) is 0 Å². The van der Waals surface area contributed by atoms with E-state index in [1.807, 2.05) is 18.2 Å². The van der Waals surface area contributed by atoms with Gasteiger partial charge in [-0.05, 0) is 48.1 Å². The highest BCUT2D eigenvalue weighted by Crippen LogP contribution is 2.29. The molecular weight excluding hydrogens is 332 g/mol. The van der Waals surface area contributed by atoms with Gasteiger partial charge in [0.1, 0.15) is 0 Å². The molecule has 0 spiro atoms. The fourth-order valence-electron chi connectivity index (χ4n) is 1.85. The van der Waals surface area contributed by atoms with Gasteiger partial charge in [0, 0.05) is 20.4 Å². The van der Waals surface area contributed by atoms with E-state index in [1.165, 1.54) is 4.88 Å². The number of nitrogens with two attached hydrogens (primary N) is 1. The molecule has 0 saturated heterocycles. The Morgan fingerprint density at radius 3 is 2.89 bits per heavy atom. The minimum Gasteiger partial charge on any atom is -0.271 e. The van der Waals surface area contributed by atoms with Crippen molar-refractivity contribution in [2.45, 2.75) is 18.9 Å². The molecule has 1 unspecified atom stereocenters. The van der Waals surface area contributed by atoms with Gasteiger partial charge in [-0.2, -0.15) is 0 Å². The summed E-state index contributed by atoms with van der Waals surface area (Å²) in [5.41, 5.74) is 3.96. The topological polar surface area (TPSA) is 38.0 Å². The number of nitrogens with one attached hydrogen (secondary N) is 1. The van der Waals surface area contributed by atoms with Crippen LogP contribution in [-0.2, 0) is 6.42 Å². The van der Waals surface area contributed by atoms with Crippen LogP contribution in [0.1, 0.15) is 22.9 Å². The molecule has 5 heteroatoms. The smallest absolute Gasteiger partial charge is 0.0475 e. The van der Waals surface area contributed by atoms with Gasteiger partial charge in [0.15, 0.2) is 0 Å². The zero-order valence-corrected chi connectivity index (χ0v) is 12.9. The van der Waals surface area contributed by atoms with Gasteiger partial charge in [-0.15, -0.1) is 11.3 Å². The Labute approximate surface area is 124 Å². The van der Waals surface area contributed by atoms with E-state index in [2.05, 4.69) is 38.9 Å². The summed E-state index contributed by atoms with van der Waals surface area (Å²) in [6.45, 7) is 0. The average Bonchev–Trinajstić information content (AvgIpc) is 2.87. The molecule has 0 saturated carbocycles. The molecule has 2 aromatic rings. The van der Waals surface area contributed by atoms with Crippen molar-refractivity contribution in [3.05, 3.63) is 55.6 Å². The second-order valence-corrected chi connectivity index (χ2v) is 6.33. The summed E-state index contributed by atoms with van der Waals surface area (Å²) in [5, 5.41) is 2.82. The van der Waals surface area contributed by atoms with Crippen molar-refractivity contribution in [2.75, 3.05) is 0 Å². The molecule has 0 amide bonds. The number of rotatable bonds is 5. The molecule has 0 bridgehead atoms. The molecule has 1 aromatic heterocycles. The van der Waals surface area contributed by atoms with Crippen LogP contribution in [0.5, 0.6) is 0 Å². The standard InChI is InChI=1S/C13H14BrClN2S/c14-12-5-3-9(15)8-11(12)13(17-16)6-4-10-2-1-7-18-10/h1-3,5,7-8,13,17H,4,6,16H2. The van der Waals surface area contributed by atoms with Crippen molar-refractivity contribution < 1.29 is 0 Å². The number of aryl methyl sites for hydroxylation is 1. The van der Waals surface area contributed by atoms with Crippen LogP contribution in [0.4, 0.5) is 0 Å². The van der Waals surface area contributed by atoms with Crippen molar-refractivity contribution in [3.63, 3.8) is 0 Å². The minimum absolute atomic E-state index is 0.0974. The Morgan fingerprint density at radius 2 is 2.22 bits per heavy atom. The van der Waals surface area contributed by atoms with Crippen LogP contribution < -0.4 is 11.3 Å². The van der Waals surface area contributed by atoms with Gasteiger partial charge in [0.2, 0.25) is 0 Å². The summed E-state index contributed by atoms with van der Waals surface area (Å²) in [6.07, 6.45) is 1.95. The maximum Gasteiger partial charge on any atom is 0.0475 e. The summed E-state index contributed by atoms with van der Waals surface area (Å²) in [5.74, 6) is 5.65. The van der Waals surface area contributed by atoms with Crippen molar-refractivity contribution in [1.29, 1.82) is 0 Å². The highest BCUT2D eigenvalue weighted by molar-refractivity contribution is 9.10. The molecule has 96 valence electrons. The van der Waals surface area contributed by atoms with Crippen LogP contribution in [0.25, 0.3) is 0 Å². The minimum atomic E-state index is 0.0974. The molecular formula is C13H14BrClN2S. The van der Waals surface area contributed by atoms with E-state index in [-0.39, 0.29) is 6.04 Å². The zero-order valence-electron chi connectivity index (χ0n) is 9.70. The summed E-state index contributed by atoms with van der Waals surface area (Å²) < 4.78 is 1.03. The Balaban J connectivity index is 2.10.